The molecule has 1 aliphatic carbocycles. The lowest BCUT2D eigenvalue weighted by atomic mass is 10.0. The molecule has 0 amide bonds. The zero-order valence-electron chi connectivity index (χ0n) is 16.7. The van der Waals surface area contributed by atoms with Crippen LogP contribution in [-0.4, -0.2) is 14.5 Å². The minimum atomic E-state index is -0.0468. The maximum absolute atomic E-state index is 13.2. The second-order valence-corrected chi connectivity index (χ2v) is 7.67. The molecule has 0 radical (unpaired) electrons. The summed E-state index contributed by atoms with van der Waals surface area (Å²) in [5, 5.41) is 0. The molecule has 0 saturated carbocycles. The van der Waals surface area contributed by atoms with Crippen LogP contribution >= 0.6 is 0 Å². The Hall–Kier alpha value is -3.66. The van der Waals surface area contributed by atoms with Gasteiger partial charge >= 0.3 is 0 Å². The summed E-state index contributed by atoms with van der Waals surface area (Å²) in [7, 11) is 0. The molecule has 2 aromatic carbocycles. The Balaban J connectivity index is 1.63. The van der Waals surface area contributed by atoms with E-state index >= 15 is 0 Å². The van der Waals surface area contributed by atoms with E-state index in [0.29, 0.717) is 17.9 Å². The van der Waals surface area contributed by atoms with Crippen molar-refractivity contribution in [3.63, 3.8) is 0 Å². The lowest BCUT2D eigenvalue weighted by Crippen LogP contribution is -2.18. The number of aromatic amines is 1. The standard InChI is InChI=1S/C26H23N3O/c30-26-23(17-20-12-6-2-7-13-20)28-25-22(16-19-10-4-1-5-11-19)27-24(18-29(25)26)21-14-8-3-9-15-21/h2-4,6-15,18,27H,1,5,16-17H2. The number of fused-ring (bicyclic) bond motifs is 1. The second-order valence-electron chi connectivity index (χ2n) is 7.67. The number of H-pyrrole nitrogens is 1. The first-order chi connectivity index (χ1) is 14.8. The Bertz CT molecular complexity index is 1250. The van der Waals surface area contributed by atoms with Crippen LogP contribution < -0.4 is 5.56 Å². The molecule has 0 spiro atoms. The quantitative estimate of drug-likeness (QED) is 0.514. The number of aromatic nitrogens is 3. The van der Waals surface area contributed by atoms with Gasteiger partial charge in [0.2, 0.25) is 0 Å². The number of hydrogen-bond acceptors (Lipinski definition) is 2. The van der Waals surface area contributed by atoms with Crippen LogP contribution in [0.15, 0.2) is 95.5 Å². The first-order valence-electron chi connectivity index (χ1n) is 10.4. The predicted octanol–water partition coefficient (Wildman–Crippen LogP) is 5.08. The molecule has 5 rings (SSSR count). The molecule has 2 aliphatic heterocycles. The fourth-order valence-corrected chi connectivity index (χ4v) is 3.97. The van der Waals surface area contributed by atoms with Gasteiger partial charge in [-0.2, -0.15) is 0 Å². The molecule has 148 valence electrons. The van der Waals surface area contributed by atoms with Gasteiger partial charge in [-0.25, -0.2) is 4.98 Å². The molecule has 4 nitrogen and oxygen atoms in total. The SMILES string of the molecule is O=c1c(Cc2ccccc2)nc2c(CC3=CCCC=C3)[nH]c(-c3ccccc3)cn1-2. The molecule has 1 N–H and O–H groups in total. The normalized spacial score (nSPS) is 13.5. The molecule has 2 heterocycles. The van der Waals surface area contributed by atoms with E-state index < -0.39 is 0 Å². The third kappa shape index (κ3) is 3.64. The molecule has 0 unspecified atom stereocenters. The smallest absolute Gasteiger partial charge is 0.278 e. The van der Waals surface area contributed by atoms with Gasteiger partial charge in [0.15, 0.2) is 5.82 Å². The monoisotopic (exact) mass is 393 g/mol. The highest BCUT2D eigenvalue weighted by Gasteiger charge is 2.20. The van der Waals surface area contributed by atoms with E-state index in [4.69, 9.17) is 4.98 Å². The Labute approximate surface area is 175 Å². The number of benzene rings is 2. The van der Waals surface area contributed by atoms with Crippen LogP contribution in [0.4, 0.5) is 0 Å². The zero-order valence-corrected chi connectivity index (χ0v) is 16.7. The highest BCUT2D eigenvalue weighted by Crippen LogP contribution is 2.24. The van der Waals surface area contributed by atoms with Crippen LogP contribution in [0.1, 0.15) is 29.8 Å². The van der Waals surface area contributed by atoms with Crippen LogP contribution in [-0.2, 0) is 12.8 Å². The van der Waals surface area contributed by atoms with Gasteiger partial charge in [-0.15, -0.1) is 0 Å². The molecular weight excluding hydrogens is 370 g/mol. The van der Waals surface area contributed by atoms with E-state index in [9.17, 15) is 4.79 Å². The van der Waals surface area contributed by atoms with Crippen molar-refractivity contribution in [2.24, 2.45) is 0 Å². The summed E-state index contributed by atoms with van der Waals surface area (Å²) in [6.07, 6.45) is 11.9. The summed E-state index contributed by atoms with van der Waals surface area (Å²) in [5.41, 5.74) is 5.80. The summed E-state index contributed by atoms with van der Waals surface area (Å²) >= 11 is 0. The van der Waals surface area contributed by atoms with Gasteiger partial charge in [0.1, 0.15) is 5.69 Å². The molecule has 0 aromatic heterocycles. The van der Waals surface area contributed by atoms with Crippen molar-refractivity contribution >= 4 is 0 Å². The highest BCUT2D eigenvalue weighted by molar-refractivity contribution is 5.60. The molecule has 0 fully saturated rings. The van der Waals surface area contributed by atoms with Crippen LogP contribution in [0.3, 0.4) is 0 Å². The molecule has 0 bridgehead atoms. The Kier molecular flexibility index (Phi) is 4.89. The lowest BCUT2D eigenvalue weighted by Gasteiger charge is -2.14. The topological polar surface area (TPSA) is 50.7 Å². The maximum Gasteiger partial charge on any atom is 0.278 e. The van der Waals surface area contributed by atoms with Gasteiger partial charge in [0.05, 0.1) is 11.4 Å². The Morgan fingerprint density at radius 2 is 1.70 bits per heavy atom. The molecule has 0 saturated heterocycles. The lowest BCUT2D eigenvalue weighted by molar-refractivity contribution is 0.903. The van der Waals surface area contributed by atoms with Crippen molar-refractivity contribution in [3.8, 4) is 17.1 Å². The third-order valence-corrected chi connectivity index (χ3v) is 5.50. The van der Waals surface area contributed by atoms with E-state index in [1.54, 1.807) is 4.57 Å². The van der Waals surface area contributed by atoms with Gasteiger partial charge in [-0.3, -0.25) is 9.36 Å². The predicted molar refractivity (Wildman–Crippen MR) is 120 cm³/mol. The van der Waals surface area contributed by atoms with Crippen LogP contribution in [0.25, 0.3) is 17.1 Å². The number of rotatable bonds is 5. The van der Waals surface area contributed by atoms with Crippen LogP contribution in [0.2, 0.25) is 0 Å². The summed E-state index contributed by atoms with van der Waals surface area (Å²) < 4.78 is 1.71. The number of hydrogen-bond donors (Lipinski definition) is 1. The van der Waals surface area contributed by atoms with Crippen molar-refractivity contribution in [2.45, 2.75) is 25.7 Å². The van der Waals surface area contributed by atoms with Crippen molar-refractivity contribution in [1.29, 1.82) is 0 Å². The van der Waals surface area contributed by atoms with Gasteiger partial charge in [-0.05, 0) is 29.5 Å². The fourth-order valence-electron chi connectivity index (χ4n) is 3.97. The third-order valence-electron chi connectivity index (χ3n) is 5.50. The summed E-state index contributed by atoms with van der Waals surface area (Å²) in [6.45, 7) is 0. The first-order valence-corrected chi connectivity index (χ1v) is 10.4. The number of nitrogens with zero attached hydrogens (tertiary/aromatic N) is 2. The Morgan fingerprint density at radius 3 is 2.43 bits per heavy atom. The van der Waals surface area contributed by atoms with Crippen molar-refractivity contribution in [1.82, 2.24) is 14.5 Å². The van der Waals surface area contributed by atoms with Crippen LogP contribution in [0, 0.1) is 0 Å². The van der Waals surface area contributed by atoms with Gasteiger partial charge < -0.3 is 4.98 Å². The summed E-state index contributed by atoms with van der Waals surface area (Å²) in [4.78, 5) is 21.6. The zero-order chi connectivity index (χ0) is 20.3. The average molecular weight is 393 g/mol. The average Bonchev–Trinajstić information content (AvgIpc) is 3.11. The summed E-state index contributed by atoms with van der Waals surface area (Å²) in [6, 6.07) is 20.1. The molecule has 3 aliphatic rings. The first kappa shape index (κ1) is 18.4. The maximum atomic E-state index is 13.2. The molecule has 30 heavy (non-hydrogen) atoms. The molecule has 2 aromatic rings. The fraction of sp³-hybridized carbons (Fsp3) is 0.154. The molecular formula is C26H23N3O. The number of nitrogens with one attached hydrogen (secondary N) is 1. The van der Waals surface area contributed by atoms with E-state index in [0.717, 1.165) is 41.8 Å². The minimum Gasteiger partial charge on any atom is -0.354 e. The number of imidazole rings is 1. The Morgan fingerprint density at radius 1 is 0.933 bits per heavy atom. The second kappa shape index (κ2) is 7.99. The molecule has 0 atom stereocenters. The van der Waals surface area contributed by atoms with E-state index in [-0.39, 0.29) is 5.56 Å². The van der Waals surface area contributed by atoms with Gasteiger partial charge in [0, 0.05) is 19.0 Å². The van der Waals surface area contributed by atoms with Crippen LogP contribution in [0.5, 0.6) is 0 Å². The van der Waals surface area contributed by atoms with Crippen molar-refractivity contribution in [3.05, 3.63) is 118 Å². The number of allylic oxidation sites excluding steroid dienone is 4. The van der Waals surface area contributed by atoms with Gasteiger partial charge in [0.25, 0.3) is 5.56 Å². The van der Waals surface area contributed by atoms with Crippen molar-refractivity contribution < 1.29 is 0 Å². The van der Waals surface area contributed by atoms with Crippen molar-refractivity contribution in [2.75, 3.05) is 0 Å². The highest BCUT2D eigenvalue weighted by atomic mass is 16.1. The minimum absolute atomic E-state index is 0.0468. The van der Waals surface area contributed by atoms with Gasteiger partial charge in [-0.1, -0.05) is 78.9 Å². The van der Waals surface area contributed by atoms with E-state index in [2.05, 4.69) is 23.2 Å². The summed E-state index contributed by atoms with van der Waals surface area (Å²) in [5.74, 6) is 0.713. The largest absolute Gasteiger partial charge is 0.354 e. The van der Waals surface area contributed by atoms with E-state index in [1.165, 1.54) is 5.57 Å². The molecule has 4 heteroatoms. The van der Waals surface area contributed by atoms with E-state index in [1.807, 2.05) is 66.9 Å².